The highest BCUT2D eigenvalue weighted by atomic mass is 16.5. The highest BCUT2D eigenvalue weighted by Crippen LogP contribution is 2.36. The number of para-hydroxylation sites is 1. The number of hydrogen-bond acceptors (Lipinski definition) is 4. The Kier molecular flexibility index (Phi) is 5.34. The van der Waals surface area contributed by atoms with Gasteiger partial charge in [-0.05, 0) is 42.2 Å². The average Bonchev–Trinajstić information content (AvgIpc) is 3.14. The summed E-state index contributed by atoms with van der Waals surface area (Å²) in [7, 11) is 1.65. The Morgan fingerprint density at radius 3 is 2.90 bits per heavy atom. The smallest absolute Gasteiger partial charge is 0.258 e. The van der Waals surface area contributed by atoms with Crippen molar-refractivity contribution in [3.8, 4) is 5.75 Å². The number of hydrogen-bond donors (Lipinski definition) is 1. The van der Waals surface area contributed by atoms with E-state index in [1.807, 2.05) is 47.4 Å². The molecule has 0 saturated carbocycles. The highest BCUT2D eigenvalue weighted by Gasteiger charge is 2.34. The number of nitrogens with one attached hydrogen (secondary N) is 1. The third-order valence-electron chi connectivity index (χ3n) is 5.55. The number of carbonyl (C=O) groups excluding carboxylic acids is 1. The van der Waals surface area contributed by atoms with Gasteiger partial charge in [0.25, 0.3) is 5.56 Å². The fraction of sp³-hybridized carbons (Fsp3) is 0.348. The maximum absolute atomic E-state index is 13.0. The van der Waals surface area contributed by atoms with Crippen LogP contribution >= 0.6 is 0 Å². The zero-order valence-electron chi connectivity index (χ0n) is 16.7. The van der Waals surface area contributed by atoms with Crippen LogP contribution in [0.3, 0.4) is 0 Å². The molecule has 150 valence electrons. The molecule has 0 radical (unpaired) electrons. The molecule has 6 nitrogen and oxygen atoms in total. The number of ether oxygens (including phenoxy) is 1. The van der Waals surface area contributed by atoms with Crippen molar-refractivity contribution in [2.75, 3.05) is 13.7 Å². The molecule has 6 heteroatoms. The summed E-state index contributed by atoms with van der Waals surface area (Å²) in [4.78, 5) is 34.5. The molecule has 1 amide bonds. The van der Waals surface area contributed by atoms with E-state index < -0.39 is 0 Å². The first-order chi connectivity index (χ1) is 14.0. The molecule has 0 aliphatic carbocycles. The number of methoxy groups -OCH3 is 1. The number of aromatic nitrogens is 2. The normalized spacial score (nSPS) is 18.9. The molecule has 1 N–H and O–H groups in total. The average molecular weight is 391 g/mol. The number of aryl methyl sites for hydroxylation is 1. The second-order valence-corrected chi connectivity index (χ2v) is 7.71. The number of amides is 1. The minimum atomic E-state index is -0.165. The maximum Gasteiger partial charge on any atom is 0.258 e. The molecule has 1 saturated heterocycles. The summed E-state index contributed by atoms with van der Waals surface area (Å²) in [5, 5.41) is 0.564. The fourth-order valence-electron chi connectivity index (χ4n) is 4.11. The Balaban J connectivity index is 1.50. The van der Waals surface area contributed by atoms with Crippen molar-refractivity contribution in [3.05, 3.63) is 70.3 Å². The minimum absolute atomic E-state index is 0.0520. The molecular weight excluding hydrogens is 366 g/mol. The molecule has 3 aromatic rings. The summed E-state index contributed by atoms with van der Waals surface area (Å²) in [6.45, 7) is 2.91. The fourth-order valence-corrected chi connectivity index (χ4v) is 4.11. The largest absolute Gasteiger partial charge is 0.497 e. The molecule has 2 heterocycles. The summed E-state index contributed by atoms with van der Waals surface area (Å²) < 4.78 is 5.34. The van der Waals surface area contributed by atoms with E-state index in [-0.39, 0.29) is 17.5 Å². The summed E-state index contributed by atoms with van der Waals surface area (Å²) in [5.74, 6) is 1.87. The van der Waals surface area contributed by atoms with Gasteiger partial charge in [0.15, 0.2) is 0 Å². The summed E-state index contributed by atoms with van der Waals surface area (Å²) in [5.41, 5.74) is 1.59. The van der Waals surface area contributed by atoms with Crippen LogP contribution in [-0.4, -0.2) is 34.4 Å². The Morgan fingerprint density at radius 1 is 1.24 bits per heavy atom. The van der Waals surface area contributed by atoms with Crippen molar-refractivity contribution in [1.29, 1.82) is 0 Å². The lowest BCUT2D eigenvalue weighted by Gasteiger charge is -2.25. The molecule has 2 aromatic carbocycles. The number of aromatic amines is 1. The number of carbonyl (C=O) groups is 1. The zero-order chi connectivity index (χ0) is 20.4. The molecule has 1 aromatic heterocycles. The van der Waals surface area contributed by atoms with Crippen molar-refractivity contribution in [1.82, 2.24) is 14.9 Å². The first-order valence-corrected chi connectivity index (χ1v) is 9.96. The van der Waals surface area contributed by atoms with Crippen molar-refractivity contribution in [2.45, 2.75) is 32.2 Å². The van der Waals surface area contributed by atoms with Crippen LogP contribution in [-0.2, 0) is 11.2 Å². The zero-order valence-corrected chi connectivity index (χ0v) is 16.7. The molecule has 0 spiro atoms. The van der Waals surface area contributed by atoms with E-state index >= 15 is 0 Å². The standard InChI is InChI=1S/C23H25N3O3/c1-15-12-20(16-6-5-7-17(13-16)29-2)26(14-15)22(27)11-10-21-24-19-9-4-3-8-18(19)23(28)25-21/h3-9,13,15,20H,10-12,14H2,1-2H3,(H,24,25,28). The summed E-state index contributed by atoms with van der Waals surface area (Å²) in [6, 6.07) is 15.2. The number of H-pyrrole nitrogens is 1. The van der Waals surface area contributed by atoms with Crippen LogP contribution in [0.2, 0.25) is 0 Å². The number of likely N-dealkylation sites (tertiary alicyclic amines) is 1. The Labute approximate surface area is 169 Å². The van der Waals surface area contributed by atoms with Crippen molar-refractivity contribution < 1.29 is 9.53 Å². The number of nitrogens with zero attached hydrogens (tertiary/aromatic N) is 2. The topological polar surface area (TPSA) is 75.3 Å². The molecule has 0 bridgehead atoms. The summed E-state index contributed by atoms with van der Waals surface area (Å²) >= 11 is 0. The van der Waals surface area contributed by atoms with Gasteiger partial charge in [0.05, 0.1) is 24.1 Å². The molecule has 1 fully saturated rings. The minimum Gasteiger partial charge on any atom is -0.497 e. The monoisotopic (exact) mass is 391 g/mol. The molecule has 1 aliphatic rings. The molecule has 2 atom stereocenters. The van der Waals surface area contributed by atoms with Gasteiger partial charge in [0.1, 0.15) is 11.6 Å². The predicted octanol–water partition coefficient (Wildman–Crippen LogP) is 3.47. The van der Waals surface area contributed by atoms with Gasteiger partial charge in [0, 0.05) is 19.4 Å². The van der Waals surface area contributed by atoms with Gasteiger partial charge >= 0.3 is 0 Å². The second-order valence-electron chi connectivity index (χ2n) is 7.71. The van der Waals surface area contributed by atoms with Gasteiger partial charge in [0.2, 0.25) is 5.91 Å². The van der Waals surface area contributed by atoms with Gasteiger partial charge in [-0.25, -0.2) is 4.98 Å². The van der Waals surface area contributed by atoms with Crippen molar-refractivity contribution in [2.24, 2.45) is 5.92 Å². The van der Waals surface area contributed by atoms with E-state index in [9.17, 15) is 9.59 Å². The number of benzene rings is 2. The van der Waals surface area contributed by atoms with Crippen LogP contribution in [0, 0.1) is 5.92 Å². The first kappa shape index (κ1) is 19.2. The molecule has 1 aliphatic heterocycles. The lowest BCUT2D eigenvalue weighted by molar-refractivity contribution is -0.132. The second kappa shape index (κ2) is 8.07. The number of fused-ring (bicyclic) bond motifs is 1. The Hall–Kier alpha value is -3.15. The van der Waals surface area contributed by atoms with Gasteiger partial charge in [-0.15, -0.1) is 0 Å². The van der Waals surface area contributed by atoms with Crippen molar-refractivity contribution >= 4 is 16.8 Å². The number of rotatable bonds is 5. The van der Waals surface area contributed by atoms with Gasteiger partial charge in [-0.2, -0.15) is 0 Å². The first-order valence-electron chi connectivity index (χ1n) is 9.96. The van der Waals surface area contributed by atoms with E-state index in [0.29, 0.717) is 35.5 Å². The van der Waals surface area contributed by atoms with Gasteiger partial charge in [-0.3, -0.25) is 9.59 Å². The summed E-state index contributed by atoms with van der Waals surface area (Å²) in [6.07, 6.45) is 1.66. The third-order valence-corrected chi connectivity index (χ3v) is 5.55. The van der Waals surface area contributed by atoms with Gasteiger partial charge < -0.3 is 14.6 Å². The Morgan fingerprint density at radius 2 is 2.07 bits per heavy atom. The molecule has 4 rings (SSSR count). The Bertz CT molecular complexity index is 1090. The van der Waals surface area contributed by atoms with E-state index in [2.05, 4.69) is 16.9 Å². The maximum atomic E-state index is 13.0. The van der Waals surface area contributed by atoms with Crippen LogP contribution < -0.4 is 10.3 Å². The van der Waals surface area contributed by atoms with E-state index in [0.717, 1.165) is 24.3 Å². The lowest BCUT2D eigenvalue weighted by Crippen LogP contribution is -2.31. The van der Waals surface area contributed by atoms with Crippen LogP contribution in [0.4, 0.5) is 0 Å². The van der Waals surface area contributed by atoms with E-state index in [1.54, 1.807) is 13.2 Å². The lowest BCUT2D eigenvalue weighted by atomic mass is 10.0. The van der Waals surface area contributed by atoms with Gasteiger partial charge in [-0.1, -0.05) is 31.2 Å². The van der Waals surface area contributed by atoms with Crippen molar-refractivity contribution in [3.63, 3.8) is 0 Å². The highest BCUT2D eigenvalue weighted by molar-refractivity contribution is 5.78. The molecular formula is C23H25N3O3. The van der Waals surface area contributed by atoms with Crippen LogP contribution in [0.25, 0.3) is 10.9 Å². The van der Waals surface area contributed by atoms with Crippen LogP contribution in [0.1, 0.15) is 37.2 Å². The predicted molar refractivity (Wildman–Crippen MR) is 112 cm³/mol. The third kappa shape index (κ3) is 4.01. The SMILES string of the molecule is COc1cccc(C2CC(C)CN2C(=O)CCc2nc3ccccc3c(=O)[nH]2)c1. The quantitative estimate of drug-likeness (QED) is 0.723. The van der Waals surface area contributed by atoms with E-state index in [4.69, 9.17) is 4.74 Å². The van der Waals surface area contributed by atoms with Crippen LogP contribution in [0.15, 0.2) is 53.3 Å². The molecule has 29 heavy (non-hydrogen) atoms. The molecule has 2 unspecified atom stereocenters. The van der Waals surface area contributed by atoms with Crippen LogP contribution in [0.5, 0.6) is 5.75 Å². The van der Waals surface area contributed by atoms with E-state index in [1.165, 1.54) is 0 Å².